The molecule has 2 aromatic rings. The number of hydrogen-bond donors (Lipinski definition) is 1. The van der Waals surface area contributed by atoms with Gasteiger partial charge in [0.15, 0.2) is 0 Å². The first-order valence-corrected chi connectivity index (χ1v) is 8.46. The summed E-state index contributed by atoms with van der Waals surface area (Å²) in [6.45, 7) is 0.377. The van der Waals surface area contributed by atoms with Gasteiger partial charge in [0.2, 0.25) is 5.91 Å². The summed E-state index contributed by atoms with van der Waals surface area (Å²) in [5.74, 6) is -1.45. The van der Waals surface area contributed by atoms with Gasteiger partial charge in [0.25, 0.3) is 0 Å². The minimum atomic E-state index is -4.54. The van der Waals surface area contributed by atoms with E-state index in [9.17, 15) is 22.8 Å². The number of carbonyl (C=O) groups is 2. The molecule has 0 saturated carbocycles. The van der Waals surface area contributed by atoms with E-state index in [2.05, 4.69) is 0 Å². The molecule has 0 aromatic heterocycles. The van der Waals surface area contributed by atoms with Crippen molar-refractivity contribution < 1.29 is 27.9 Å². The number of rotatable bonds is 8. The van der Waals surface area contributed by atoms with Crippen molar-refractivity contribution in [2.45, 2.75) is 32.0 Å². The van der Waals surface area contributed by atoms with Gasteiger partial charge in [-0.3, -0.25) is 9.59 Å². The number of nitrogens with zero attached hydrogens (tertiary/aromatic N) is 1. The molecule has 1 amide bonds. The van der Waals surface area contributed by atoms with Gasteiger partial charge in [-0.05, 0) is 23.6 Å². The standard InChI is InChI=1S/C20H20F3NO3/c21-20(22,23)17-10-5-4-9-16(17)13-18(25)24(12-6-11-19(26)27)14-15-7-2-1-3-8-15/h1-5,7-10H,6,11-14H2,(H,26,27). The molecule has 0 aliphatic carbocycles. The Morgan fingerprint density at radius 2 is 1.59 bits per heavy atom. The molecule has 2 rings (SSSR count). The Balaban J connectivity index is 2.17. The summed E-state index contributed by atoms with van der Waals surface area (Å²) in [6.07, 6.45) is -4.81. The lowest BCUT2D eigenvalue weighted by molar-refractivity contribution is -0.140. The number of aliphatic carboxylic acids is 1. The highest BCUT2D eigenvalue weighted by Gasteiger charge is 2.33. The number of carboxylic acids is 1. The van der Waals surface area contributed by atoms with E-state index in [-0.39, 0.29) is 31.5 Å². The molecular formula is C20H20F3NO3. The van der Waals surface area contributed by atoms with Gasteiger partial charge in [-0.15, -0.1) is 0 Å². The third-order valence-electron chi connectivity index (χ3n) is 4.05. The molecule has 0 saturated heterocycles. The Bertz CT molecular complexity index is 776. The van der Waals surface area contributed by atoms with Gasteiger partial charge in [-0.1, -0.05) is 48.5 Å². The Hall–Kier alpha value is -2.83. The van der Waals surface area contributed by atoms with E-state index < -0.39 is 30.0 Å². The predicted molar refractivity (Wildman–Crippen MR) is 93.9 cm³/mol. The summed E-state index contributed by atoms with van der Waals surface area (Å²) in [4.78, 5) is 24.8. The molecule has 0 atom stereocenters. The van der Waals surface area contributed by atoms with E-state index in [1.54, 1.807) is 24.3 Å². The molecule has 0 aliphatic rings. The highest BCUT2D eigenvalue weighted by Crippen LogP contribution is 2.32. The van der Waals surface area contributed by atoms with E-state index in [0.29, 0.717) is 0 Å². The Labute approximate surface area is 155 Å². The van der Waals surface area contributed by atoms with Gasteiger partial charge in [0.05, 0.1) is 12.0 Å². The zero-order valence-corrected chi connectivity index (χ0v) is 14.6. The van der Waals surface area contributed by atoms with E-state index in [1.807, 2.05) is 6.07 Å². The van der Waals surface area contributed by atoms with Crippen LogP contribution in [0.5, 0.6) is 0 Å². The van der Waals surface area contributed by atoms with Crippen LogP contribution in [0.15, 0.2) is 54.6 Å². The summed E-state index contributed by atoms with van der Waals surface area (Å²) in [5.41, 5.74) is -0.0971. The average Bonchev–Trinajstić information content (AvgIpc) is 2.61. The minimum Gasteiger partial charge on any atom is -0.481 e. The summed E-state index contributed by atoms with van der Waals surface area (Å²) in [6, 6.07) is 14.0. The first-order valence-electron chi connectivity index (χ1n) is 8.46. The molecule has 0 fully saturated rings. The quantitative estimate of drug-likeness (QED) is 0.750. The highest BCUT2D eigenvalue weighted by atomic mass is 19.4. The number of halogens is 3. The van der Waals surface area contributed by atoms with Crippen molar-refractivity contribution in [2.24, 2.45) is 0 Å². The van der Waals surface area contributed by atoms with Crippen molar-refractivity contribution in [1.82, 2.24) is 4.90 Å². The highest BCUT2D eigenvalue weighted by molar-refractivity contribution is 5.79. The molecule has 2 aromatic carbocycles. The normalized spacial score (nSPS) is 11.2. The maximum absolute atomic E-state index is 13.1. The molecule has 7 heteroatoms. The van der Waals surface area contributed by atoms with Crippen LogP contribution < -0.4 is 0 Å². The topological polar surface area (TPSA) is 57.6 Å². The van der Waals surface area contributed by atoms with Gasteiger partial charge in [0, 0.05) is 19.5 Å². The molecule has 144 valence electrons. The summed E-state index contributed by atoms with van der Waals surface area (Å²) in [7, 11) is 0. The van der Waals surface area contributed by atoms with Gasteiger partial charge in [-0.2, -0.15) is 13.2 Å². The van der Waals surface area contributed by atoms with Crippen molar-refractivity contribution in [2.75, 3.05) is 6.54 Å². The molecule has 0 heterocycles. The molecule has 0 radical (unpaired) electrons. The second-order valence-corrected chi connectivity index (χ2v) is 6.13. The number of carbonyl (C=O) groups excluding carboxylic acids is 1. The monoisotopic (exact) mass is 379 g/mol. The van der Waals surface area contributed by atoms with Crippen LogP contribution in [0, 0.1) is 0 Å². The minimum absolute atomic E-state index is 0.0914. The van der Waals surface area contributed by atoms with Gasteiger partial charge >= 0.3 is 12.1 Å². The number of alkyl halides is 3. The van der Waals surface area contributed by atoms with Crippen LogP contribution in [-0.4, -0.2) is 28.4 Å². The molecule has 4 nitrogen and oxygen atoms in total. The lowest BCUT2D eigenvalue weighted by atomic mass is 10.0. The zero-order valence-electron chi connectivity index (χ0n) is 14.6. The van der Waals surface area contributed by atoms with E-state index in [0.717, 1.165) is 11.6 Å². The van der Waals surface area contributed by atoms with Crippen LogP contribution in [-0.2, 0) is 28.7 Å². The van der Waals surface area contributed by atoms with Crippen molar-refractivity contribution in [3.05, 3.63) is 71.3 Å². The second kappa shape index (κ2) is 9.21. The number of benzene rings is 2. The predicted octanol–water partition coefficient (Wildman–Crippen LogP) is 4.14. The number of hydrogen-bond acceptors (Lipinski definition) is 2. The largest absolute Gasteiger partial charge is 0.481 e. The van der Waals surface area contributed by atoms with Crippen LogP contribution in [0.4, 0.5) is 13.2 Å². The van der Waals surface area contributed by atoms with Gasteiger partial charge in [-0.25, -0.2) is 0 Å². The van der Waals surface area contributed by atoms with Crippen LogP contribution in [0.25, 0.3) is 0 Å². The van der Waals surface area contributed by atoms with Crippen LogP contribution in [0.2, 0.25) is 0 Å². The van der Waals surface area contributed by atoms with Crippen LogP contribution in [0.3, 0.4) is 0 Å². The molecule has 0 bridgehead atoms. The van der Waals surface area contributed by atoms with Gasteiger partial charge < -0.3 is 10.0 Å². The molecule has 0 unspecified atom stereocenters. The Morgan fingerprint density at radius 1 is 0.963 bits per heavy atom. The second-order valence-electron chi connectivity index (χ2n) is 6.13. The maximum atomic E-state index is 13.1. The fourth-order valence-electron chi connectivity index (χ4n) is 2.74. The molecule has 1 N–H and O–H groups in total. The first-order chi connectivity index (χ1) is 12.8. The van der Waals surface area contributed by atoms with Gasteiger partial charge in [0.1, 0.15) is 0 Å². The summed E-state index contributed by atoms with van der Waals surface area (Å²) < 4.78 is 39.4. The van der Waals surface area contributed by atoms with Crippen molar-refractivity contribution >= 4 is 11.9 Å². The smallest absolute Gasteiger partial charge is 0.416 e. The van der Waals surface area contributed by atoms with Crippen LogP contribution in [0.1, 0.15) is 29.5 Å². The first kappa shape index (κ1) is 20.5. The van der Waals surface area contributed by atoms with Crippen LogP contribution >= 0.6 is 0 Å². The molecule has 0 spiro atoms. The Morgan fingerprint density at radius 3 is 2.22 bits per heavy atom. The fourth-order valence-corrected chi connectivity index (χ4v) is 2.74. The lowest BCUT2D eigenvalue weighted by Gasteiger charge is -2.23. The van der Waals surface area contributed by atoms with Crippen molar-refractivity contribution in [3.63, 3.8) is 0 Å². The molecule has 27 heavy (non-hydrogen) atoms. The molecular weight excluding hydrogens is 359 g/mol. The third-order valence-corrected chi connectivity index (χ3v) is 4.05. The lowest BCUT2D eigenvalue weighted by Crippen LogP contribution is -2.33. The van der Waals surface area contributed by atoms with Crippen molar-refractivity contribution in [1.29, 1.82) is 0 Å². The summed E-state index contributed by atoms with van der Waals surface area (Å²) in [5, 5.41) is 8.79. The van der Waals surface area contributed by atoms with E-state index in [1.165, 1.54) is 23.1 Å². The fraction of sp³-hybridized carbons (Fsp3) is 0.300. The average molecular weight is 379 g/mol. The van der Waals surface area contributed by atoms with E-state index in [4.69, 9.17) is 5.11 Å². The van der Waals surface area contributed by atoms with E-state index >= 15 is 0 Å². The summed E-state index contributed by atoms with van der Waals surface area (Å²) >= 11 is 0. The third kappa shape index (κ3) is 6.44. The number of carboxylic acid groups (broad SMARTS) is 1. The zero-order chi connectivity index (χ0) is 19.9. The molecule has 0 aliphatic heterocycles. The number of amides is 1. The maximum Gasteiger partial charge on any atom is 0.416 e. The SMILES string of the molecule is O=C(O)CCCN(Cc1ccccc1)C(=O)Cc1ccccc1C(F)(F)F. The van der Waals surface area contributed by atoms with Crippen molar-refractivity contribution in [3.8, 4) is 0 Å². The Kier molecular flexibility index (Phi) is 6.98.